The summed E-state index contributed by atoms with van der Waals surface area (Å²) in [7, 11) is 1.49. The SMILES string of the molecule is COc1ccc(C)cc1C(C)(N)C(=O)O. The highest BCUT2D eigenvalue weighted by atomic mass is 16.5. The molecule has 1 aromatic rings. The van der Waals surface area contributed by atoms with Crippen LogP contribution in [0.2, 0.25) is 0 Å². The van der Waals surface area contributed by atoms with Crippen LogP contribution < -0.4 is 10.5 Å². The average Bonchev–Trinajstić information content (AvgIpc) is 2.17. The van der Waals surface area contributed by atoms with Gasteiger partial charge in [0.1, 0.15) is 11.3 Å². The van der Waals surface area contributed by atoms with E-state index in [0.29, 0.717) is 11.3 Å². The molecule has 0 saturated carbocycles. The lowest BCUT2D eigenvalue weighted by Crippen LogP contribution is -2.42. The minimum atomic E-state index is -1.43. The summed E-state index contributed by atoms with van der Waals surface area (Å²) in [6.07, 6.45) is 0. The number of rotatable bonds is 3. The van der Waals surface area contributed by atoms with Gasteiger partial charge in [-0.15, -0.1) is 0 Å². The van der Waals surface area contributed by atoms with Crippen LogP contribution in [-0.2, 0) is 10.3 Å². The minimum Gasteiger partial charge on any atom is -0.496 e. The van der Waals surface area contributed by atoms with Crippen molar-refractivity contribution in [2.24, 2.45) is 5.73 Å². The van der Waals surface area contributed by atoms with E-state index >= 15 is 0 Å². The van der Waals surface area contributed by atoms with Crippen molar-refractivity contribution >= 4 is 5.97 Å². The zero-order valence-corrected chi connectivity index (χ0v) is 9.07. The van der Waals surface area contributed by atoms with Gasteiger partial charge in [-0.2, -0.15) is 0 Å². The number of carboxylic acid groups (broad SMARTS) is 1. The first-order valence-corrected chi connectivity index (χ1v) is 4.57. The van der Waals surface area contributed by atoms with Crippen molar-refractivity contribution in [3.05, 3.63) is 29.3 Å². The van der Waals surface area contributed by atoms with Gasteiger partial charge in [-0.3, -0.25) is 0 Å². The van der Waals surface area contributed by atoms with Crippen LogP contribution in [0.1, 0.15) is 18.1 Å². The highest BCUT2D eigenvalue weighted by Crippen LogP contribution is 2.29. The Morgan fingerprint density at radius 2 is 2.13 bits per heavy atom. The quantitative estimate of drug-likeness (QED) is 0.786. The molecule has 0 aromatic heterocycles. The van der Waals surface area contributed by atoms with Gasteiger partial charge in [-0.25, -0.2) is 4.79 Å². The van der Waals surface area contributed by atoms with E-state index in [1.54, 1.807) is 12.1 Å². The molecule has 0 aliphatic rings. The lowest BCUT2D eigenvalue weighted by atomic mass is 9.91. The van der Waals surface area contributed by atoms with E-state index in [2.05, 4.69) is 0 Å². The number of ether oxygens (including phenoxy) is 1. The summed E-state index contributed by atoms with van der Waals surface area (Å²) in [4.78, 5) is 11.0. The summed E-state index contributed by atoms with van der Waals surface area (Å²) in [5, 5.41) is 9.02. The molecule has 4 heteroatoms. The van der Waals surface area contributed by atoms with E-state index in [1.165, 1.54) is 14.0 Å². The van der Waals surface area contributed by atoms with Crippen LogP contribution in [0.3, 0.4) is 0 Å². The monoisotopic (exact) mass is 209 g/mol. The van der Waals surface area contributed by atoms with Gasteiger partial charge in [-0.1, -0.05) is 11.6 Å². The third kappa shape index (κ3) is 2.10. The first kappa shape index (κ1) is 11.5. The van der Waals surface area contributed by atoms with Crippen molar-refractivity contribution in [1.82, 2.24) is 0 Å². The predicted molar refractivity (Wildman–Crippen MR) is 56.9 cm³/mol. The van der Waals surface area contributed by atoms with Gasteiger partial charge in [-0.05, 0) is 26.0 Å². The van der Waals surface area contributed by atoms with E-state index in [4.69, 9.17) is 15.6 Å². The minimum absolute atomic E-state index is 0.484. The smallest absolute Gasteiger partial charge is 0.328 e. The van der Waals surface area contributed by atoms with E-state index in [-0.39, 0.29) is 0 Å². The molecule has 0 radical (unpaired) electrons. The van der Waals surface area contributed by atoms with E-state index < -0.39 is 11.5 Å². The number of hydrogen-bond donors (Lipinski definition) is 2. The second-order valence-electron chi connectivity index (χ2n) is 3.71. The Morgan fingerprint density at radius 3 is 2.60 bits per heavy atom. The van der Waals surface area contributed by atoms with Crippen LogP contribution in [0.25, 0.3) is 0 Å². The van der Waals surface area contributed by atoms with Crippen LogP contribution in [0, 0.1) is 6.92 Å². The summed E-state index contributed by atoms with van der Waals surface area (Å²) in [5.41, 5.74) is 5.75. The molecule has 3 N–H and O–H groups in total. The third-order valence-electron chi connectivity index (χ3n) is 2.36. The fourth-order valence-corrected chi connectivity index (χ4v) is 1.34. The first-order valence-electron chi connectivity index (χ1n) is 4.57. The zero-order chi connectivity index (χ0) is 11.6. The highest BCUT2D eigenvalue weighted by Gasteiger charge is 2.33. The van der Waals surface area contributed by atoms with Crippen molar-refractivity contribution in [3.8, 4) is 5.75 Å². The molecular weight excluding hydrogens is 194 g/mol. The molecule has 15 heavy (non-hydrogen) atoms. The summed E-state index contributed by atoms with van der Waals surface area (Å²) in [6, 6.07) is 5.30. The third-order valence-corrected chi connectivity index (χ3v) is 2.36. The zero-order valence-electron chi connectivity index (χ0n) is 9.07. The summed E-state index contributed by atoms with van der Waals surface area (Å²) in [6.45, 7) is 3.33. The normalized spacial score (nSPS) is 14.4. The number of methoxy groups -OCH3 is 1. The molecule has 0 fully saturated rings. The number of benzene rings is 1. The van der Waals surface area contributed by atoms with E-state index in [1.807, 2.05) is 13.0 Å². The second-order valence-corrected chi connectivity index (χ2v) is 3.71. The molecule has 4 nitrogen and oxygen atoms in total. The fourth-order valence-electron chi connectivity index (χ4n) is 1.34. The molecule has 82 valence electrons. The van der Waals surface area contributed by atoms with Crippen LogP contribution in [0.4, 0.5) is 0 Å². The molecule has 0 spiro atoms. The lowest BCUT2D eigenvalue weighted by Gasteiger charge is -2.22. The topological polar surface area (TPSA) is 72.5 Å². The van der Waals surface area contributed by atoms with Gasteiger partial charge in [0, 0.05) is 5.56 Å². The Bertz CT molecular complexity index is 385. The van der Waals surface area contributed by atoms with Gasteiger partial charge in [0.25, 0.3) is 0 Å². The van der Waals surface area contributed by atoms with E-state index in [0.717, 1.165) is 5.56 Å². The van der Waals surface area contributed by atoms with Crippen LogP contribution in [0.5, 0.6) is 5.75 Å². The van der Waals surface area contributed by atoms with Crippen molar-refractivity contribution in [2.45, 2.75) is 19.4 Å². The maximum atomic E-state index is 11.0. The Balaban J connectivity index is 3.34. The number of nitrogens with two attached hydrogens (primary N) is 1. The number of hydrogen-bond acceptors (Lipinski definition) is 3. The number of carboxylic acids is 1. The lowest BCUT2D eigenvalue weighted by molar-refractivity contribution is -0.143. The van der Waals surface area contributed by atoms with Crippen LogP contribution in [0.15, 0.2) is 18.2 Å². The van der Waals surface area contributed by atoms with Gasteiger partial charge >= 0.3 is 5.97 Å². The van der Waals surface area contributed by atoms with Crippen LogP contribution >= 0.6 is 0 Å². The molecule has 1 atom stereocenters. The van der Waals surface area contributed by atoms with Crippen LogP contribution in [-0.4, -0.2) is 18.2 Å². The number of carbonyl (C=O) groups is 1. The molecule has 0 bridgehead atoms. The van der Waals surface area contributed by atoms with Gasteiger partial charge in [0.15, 0.2) is 0 Å². The van der Waals surface area contributed by atoms with Crippen molar-refractivity contribution < 1.29 is 14.6 Å². The summed E-state index contributed by atoms with van der Waals surface area (Å²) < 4.78 is 5.09. The van der Waals surface area contributed by atoms with E-state index in [9.17, 15) is 4.79 Å². The average molecular weight is 209 g/mol. The maximum absolute atomic E-state index is 11.0. The van der Waals surface area contributed by atoms with Crippen molar-refractivity contribution in [1.29, 1.82) is 0 Å². The molecule has 1 aromatic carbocycles. The standard InChI is InChI=1S/C11H15NO3/c1-7-4-5-9(15-3)8(6-7)11(2,12)10(13)14/h4-6H,12H2,1-3H3,(H,13,14). The Labute approximate surface area is 88.7 Å². The number of aryl methyl sites for hydroxylation is 1. The predicted octanol–water partition coefficient (Wildman–Crippen LogP) is 1.26. The van der Waals surface area contributed by atoms with Crippen molar-refractivity contribution in [3.63, 3.8) is 0 Å². The number of aliphatic carboxylic acids is 1. The fraction of sp³-hybridized carbons (Fsp3) is 0.364. The molecule has 1 rings (SSSR count). The Kier molecular flexibility index (Phi) is 3.00. The molecule has 1 unspecified atom stereocenters. The molecule has 0 amide bonds. The maximum Gasteiger partial charge on any atom is 0.328 e. The molecule has 0 heterocycles. The first-order chi connectivity index (χ1) is 6.89. The molecule has 0 aliphatic carbocycles. The molecular formula is C11H15NO3. The summed E-state index contributed by atoms with van der Waals surface area (Å²) >= 11 is 0. The van der Waals surface area contributed by atoms with Gasteiger partial charge in [0.2, 0.25) is 0 Å². The largest absolute Gasteiger partial charge is 0.496 e. The molecule has 0 aliphatic heterocycles. The highest BCUT2D eigenvalue weighted by molar-refractivity contribution is 5.81. The van der Waals surface area contributed by atoms with Crippen molar-refractivity contribution in [2.75, 3.05) is 7.11 Å². The Morgan fingerprint density at radius 1 is 1.53 bits per heavy atom. The van der Waals surface area contributed by atoms with Gasteiger partial charge in [0.05, 0.1) is 7.11 Å². The van der Waals surface area contributed by atoms with Gasteiger partial charge < -0.3 is 15.6 Å². The second kappa shape index (κ2) is 3.90. The Hall–Kier alpha value is -1.55. The summed E-state index contributed by atoms with van der Waals surface area (Å²) in [5.74, 6) is -0.584. The molecule has 0 saturated heterocycles.